The van der Waals surface area contributed by atoms with Gasteiger partial charge in [-0.1, -0.05) is 11.6 Å². The zero-order chi connectivity index (χ0) is 11.5. The highest BCUT2D eigenvalue weighted by Crippen LogP contribution is 2.23. The van der Waals surface area contributed by atoms with E-state index in [1.165, 1.54) is 6.33 Å². The van der Waals surface area contributed by atoms with Crippen molar-refractivity contribution in [3.05, 3.63) is 17.0 Å². The van der Waals surface area contributed by atoms with Gasteiger partial charge in [0.1, 0.15) is 17.3 Å². The van der Waals surface area contributed by atoms with Crippen LogP contribution in [0, 0.1) is 0 Å². The zero-order valence-electron chi connectivity index (χ0n) is 8.48. The average Bonchev–Trinajstić information content (AvgIpc) is 2.38. The highest BCUT2D eigenvalue weighted by Gasteiger charge is 2.21. The minimum Gasteiger partial charge on any atom is -0.395 e. The number of nitrogens with zero attached hydrogens (tertiary/aromatic N) is 3. The predicted octanol–water partition coefficient (Wildman–Crippen LogP) is -0.124. The van der Waals surface area contributed by atoms with Gasteiger partial charge in [-0.05, 0) is 0 Å². The standard InChI is InChI=1S/C9H11ClN4O2/c10-8-6-3-14(1-2-15)4-7(16)13-9(6)12-5-11-8/h5,15H,1-4H2,(H,11,12,13,16). The quantitative estimate of drug-likeness (QED) is 0.707. The van der Waals surface area contributed by atoms with E-state index in [2.05, 4.69) is 15.3 Å². The van der Waals surface area contributed by atoms with Gasteiger partial charge in [0, 0.05) is 18.7 Å². The Morgan fingerprint density at radius 1 is 1.50 bits per heavy atom. The minimum atomic E-state index is -0.165. The molecule has 0 saturated heterocycles. The Hall–Kier alpha value is -1.24. The molecular formula is C9H11ClN4O2. The van der Waals surface area contributed by atoms with Crippen LogP contribution in [0.4, 0.5) is 5.82 Å². The van der Waals surface area contributed by atoms with E-state index in [0.29, 0.717) is 29.6 Å². The number of hydrogen-bond acceptors (Lipinski definition) is 5. The number of nitrogens with one attached hydrogen (secondary N) is 1. The second-order valence-electron chi connectivity index (χ2n) is 3.47. The van der Waals surface area contributed by atoms with Gasteiger partial charge in [-0.25, -0.2) is 9.97 Å². The number of aliphatic hydroxyl groups excluding tert-OH is 1. The van der Waals surface area contributed by atoms with Crippen molar-refractivity contribution in [3.63, 3.8) is 0 Å². The summed E-state index contributed by atoms with van der Waals surface area (Å²) < 4.78 is 0. The fourth-order valence-corrected chi connectivity index (χ4v) is 1.79. The van der Waals surface area contributed by atoms with Crippen LogP contribution in [0.15, 0.2) is 6.33 Å². The van der Waals surface area contributed by atoms with Gasteiger partial charge in [-0.3, -0.25) is 9.69 Å². The molecule has 1 aliphatic heterocycles. The molecule has 0 fully saturated rings. The average molecular weight is 243 g/mol. The Morgan fingerprint density at radius 3 is 3.06 bits per heavy atom. The summed E-state index contributed by atoms with van der Waals surface area (Å²) in [5.41, 5.74) is 0.684. The molecule has 0 aliphatic carbocycles. The molecule has 0 saturated carbocycles. The third kappa shape index (κ3) is 2.29. The number of carbonyl (C=O) groups is 1. The fraction of sp³-hybridized carbons (Fsp3) is 0.444. The SMILES string of the molecule is O=C1CN(CCO)Cc2c(Cl)ncnc2N1. The molecule has 6 nitrogen and oxygen atoms in total. The summed E-state index contributed by atoms with van der Waals surface area (Å²) in [6, 6.07) is 0. The topological polar surface area (TPSA) is 78.4 Å². The number of carbonyl (C=O) groups excluding carboxylic acids is 1. The molecule has 0 unspecified atom stereocenters. The Kier molecular flexibility index (Phi) is 3.33. The number of aromatic nitrogens is 2. The smallest absolute Gasteiger partial charge is 0.239 e. The number of fused-ring (bicyclic) bond motifs is 1. The maximum Gasteiger partial charge on any atom is 0.239 e. The molecule has 1 aliphatic rings. The lowest BCUT2D eigenvalue weighted by Crippen LogP contribution is -2.32. The Labute approximate surface area is 97.3 Å². The predicted molar refractivity (Wildman–Crippen MR) is 58.0 cm³/mol. The van der Waals surface area contributed by atoms with Gasteiger partial charge < -0.3 is 10.4 Å². The van der Waals surface area contributed by atoms with Gasteiger partial charge in [0.2, 0.25) is 5.91 Å². The van der Waals surface area contributed by atoms with E-state index in [4.69, 9.17) is 16.7 Å². The van der Waals surface area contributed by atoms with Gasteiger partial charge in [-0.2, -0.15) is 0 Å². The van der Waals surface area contributed by atoms with Crippen molar-refractivity contribution < 1.29 is 9.90 Å². The second-order valence-corrected chi connectivity index (χ2v) is 3.83. The van der Waals surface area contributed by atoms with Crippen LogP contribution in [0.2, 0.25) is 5.15 Å². The fourth-order valence-electron chi connectivity index (χ4n) is 1.59. The number of anilines is 1. The molecule has 1 aromatic heterocycles. The summed E-state index contributed by atoms with van der Waals surface area (Å²) >= 11 is 5.94. The number of halogens is 1. The van der Waals surface area contributed by atoms with Crippen LogP contribution in [0.3, 0.4) is 0 Å². The van der Waals surface area contributed by atoms with Gasteiger partial charge in [0.05, 0.1) is 13.2 Å². The number of aliphatic hydroxyl groups is 1. The third-order valence-electron chi connectivity index (χ3n) is 2.32. The highest BCUT2D eigenvalue weighted by molar-refractivity contribution is 6.30. The van der Waals surface area contributed by atoms with Gasteiger partial charge in [0.25, 0.3) is 0 Å². The van der Waals surface area contributed by atoms with Gasteiger partial charge >= 0.3 is 0 Å². The van der Waals surface area contributed by atoms with Crippen molar-refractivity contribution in [1.82, 2.24) is 14.9 Å². The first-order valence-electron chi connectivity index (χ1n) is 4.83. The Morgan fingerprint density at radius 2 is 2.31 bits per heavy atom. The van der Waals surface area contributed by atoms with Crippen LogP contribution in [0.25, 0.3) is 0 Å². The van der Waals surface area contributed by atoms with Crippen molar-refractivity contribution >= 4 is 23.3 Å². The molecule has 0 radical (unpaired) electrons. The Balaban J connectivity index is 2.32. The molecule has 0 spiro atoms. The van der Waals surface area contributed by atoms with Crippen LogP contribution in [0.5, 0.6) is 0 Å². The number of hydrogen-bond donors (Lipinski definition) is 2. The summed E-state index contributed by atoms with van der Waals surface area (Å²) in [7, 11) is 0. The van der Waals surface area contributed by atoms with E-state index in [0.717, 1.165) is 0 Å². The lowest BCUT2D eigenvalue weighted by molar-refractivity contribution is -0.117. The summed E-state index contributed by atoms with van der Waals surface area (Å²) in [5, 5.41) is 11.9. The molecule has 7 heteroatoms. The van der Waals surface area contributed by atoms with Crippen molar-refractivity contribution in [2.75, 3.05) is 25.0 Å². The molecule has 2 heterocycles. The summed E-state index contributed by atoms with van der Waals surface area (Å²) in [6.45, 7) is 1.08. The van der Waals surface area contributed by atoms with Crippen molar-refractivity contribution in [2.24, 2.45) is 0 Å². The van der Waals surface area contributed by atoms with E-state index < -0.39 is 0 Å². The van der Waals surface area contributed by atoms with Crippen molar-refractivity contribution in [2.45, 2.75) is 6.54 Å². The van der Waals surface area contributed by atoms with E-state index in [1.807, 2.05) is 0 Å². The normalized spacial score (nSPS) is 16.5. The summed E-state index contributed by atoms with van der Waals surface area (Å²) in [4.78, 5) is 21.1. The summed E-state index contributed by atoms with van der Waals surface area (Å²) in [6.07, 6.45) is 1.31. The third-order valence-corrected chi connectivity index (χ3v) is 2.64. The van der Waals surface area contributed by atoms with E-state index in [9.17, 15) is 4.79 Å². The largest absolute Gasteiger partial charge is 0.395 e. The maximum absolute atomic E-state index is 11.5. The van der Waals surface area contributed by atoms with E-state index in [1.54, 1.807) is 4.90 Å². The molecule has 1 amide bonds. The number of rotatable bonds is 2. The highest BCUT2D eigenvalue weighted by atomic mass is 35.5. The summed E-state index contributed by atoms with van der Waals surface area (Å²) in [5.74, 6) is 0.285. The molecule has 0 bridgehead atoms. The van der Waals surface area contributed by atoms with Gasteiger partial charge in [0.15, 0.2) is 0 Å². The van der Waals surface area contributed by atoms with Crippen LogP contribution < -0.4 is 5.32 Å². The van der Waals surface area contributed by atoms with Crippen LogP contribution in [-0.2, 0) is 11.3 Å². The van der Waals surface area contributed by atoms with E-state index >= 15 is 0 Å². The zero-order valence-corrected chi connectivity index (χ0v) is 9.24. The first-order chi connectivity index (χ1) is 7.70. The second kappa shape index (κ2) is 4.73. The number of amides is 1. The van der Waals surface area contributed by atoms with Crippen LogP contribution >= 0.6 is 11.6 Å². The van der Waals surface area contributed by atoms with Crippen LogP contribution in [0.1, 0.15) is 5.56 Å². The monoisotopic (exact) mass is 242 g/mol. The van der Waals surface area contributed by atoms with Crippen molar-refractivity contribution in [1.29, 1.82) is 0 Å². The molecular weight excluding hydrogens is 232 g/mol. The lowest BCUT2D eigenvalue weighted by atomic mass is 10.3. The number of β-amino-alcohol motifs (C(OH)–C–C–N with tert-alkyl or cyclic N) is 1. The van der Waals surface area contributed by atoms with Crippen molar-refractivity contribution in [3.8, 4) is 0 Å². The minimum absolute atomic E-state index is 0.00603. The molecule has 2 rings (SSSR count). The molecule has 1 aromatic rings. The maximum atomic E-state index is 11.5. The molecule has 16 heavy (non-hydrogen) atoms. The van der Waals surface area contributed by atoms with E-state index in [-0.39, 0.29) is 19.1 Å². The van der Waals surface area contributed by atoms with Crippen LogP contribution in [-0.4, -0.2) is 45.6 Å². The Bertz CT molecular complexity index is 412. The first-order valence-corrected chi connectivity index (χ1v) is 5.21. The molecule has 0 aromatic carbocycles. The molecule has 2 N–H and O–H groups in total. The molecule has 0 atom stereocenters. The first kappa shape index (κ1) is 11.3. The van der Waals surface area contributed by atoms with Gasteiger partial charge in [-0.15, -0.1) is 0 Å². The lowest BCUT2D eigenvalue weighted by Gasteiger charge is -2.17. The molecule has 86 valence electrons.